The Labute approximate surface area is 130 Å². The van der Waals surface area contributed by atoms with Crippen molar-refractivity contribution in [3.05, 3.63) is 64.7 Å². The molecule has 0 atom stereocenters. The molecule has 0 aromatic heterocycles. The van der Waals surface area contributed by atoms with Crippen LogP contribution in [0.15, 0.2) is 48.5 Å². The number of halogens is 1. The molecule has 21 heavy (non-hydrogen) atoms. The Kier molecular flexibility index (Phi) is 5.23. The number of anilines is 1. The molecule has 2 aromatic rings. The molecular weight excluding hydrogens is 286 g/mol. The maximum Gasteiger partial charge on any atom is 0.224 e. The standard InChI is InChI=1S/C15H14ClNO2.C2H6/c16-14-7-6-12(17)10-13(14)15(18-8-9-19-15)11-4-2-1-3-5-11;1-2/h1-7,10H,8-9,17H2;1-2H3. The van der Waals surface area contributed by atoms with Gasteiger partial charge in [0.25, 0.3) is 0 Å². The minimum atomic E-state index is -0.951. The highest BCUT2D eigenvalue weighted by molar-refractivity contribution is 6.31. The van der Waals surface area contributed by atoms with E-state index in [0.717, 1.165) is 11.1 Å². The summed E-state index contributed by atoms with van der Waals surface area (Å²) in [6.07, 6.45) is 0. The van der Waals surface area contributed by atoms with Crippen LogP contribution in [0, 0.1) is 0 Å². The average molecular weight is 306 g/mol. The van der Waals surface area contributed by atoms with Crippen molar-refractivity contribution in [2.75, 3.05) is 18.9 Å². The van der Waals surface area contributed by atoms with Crippen LogP contribution in [-0.4, -0.2) is 13.2 Å². The maximum atomic E-state index is 6.30. The maximum absolute atomic E-state index is 6.30. The van der Waals surface area contributed by atoms with Gasteiger partial charge in [-0.25, -0.2) is 0 Å². The fourth-order valence-corrected chi connectivity index (χ4v) is 2.58. The lowest BCUT2D eigenvalue weighted by atomic mass is 9.96. The van der Waals surface area contributed by atoms with Gasteiger partial charge < -0.3 is 15.2 Å². The minimum Gasteiger partial charge on any atom is -0.399 e. The second kappa shape index (κ2) is 6.94. The van der Waals surface area contributed by atoms with Crippen LogP contribution in [0.1, 0.15) is 25.0 Å². The number of hydrogen-bond donors (Lipinski definition) is 1. The van der Waals surface area contributed by atoms with E-state index in [0.29, 0.717) is 23.9 Å². The van der Waals surface area contributed by atoms with E-state index in [1.165, 1.54) is 0 Å². The molecule has 2 aromatic carbocycles. The van der Waals surface area contributed by atoms with Gasteiger partial charge in [0.1, 0.15) is 0 Å². The Hall–Kier alpha value is -1.55. The summed E-state index contributed by atoms with van der Waals surface area (Å²) in [6.45, 7) is 5.06. The first-order chi connectivity index (χ1) is 10.2. The Morgan fingerprint density at radius 3 is 2.24 bits per heavy atom. The molecule has 0 unspecified atom stereocenters. The van der Waals surface area contributed by atoms with Crippen LogP contribution in [0.4, 0.5) is 5.69 Å². The quantitative estimate of drug-likeness (QED) is 0.846. The van der Waals surface area contributed by atoms with Crippen molar-refractivity contribution < 1.29 is 9.47 Å². The van der Waals surface area contributed by atoms with Gasteiger partial charge in [-0.1, -0.05) is 55.8 Å². The first-order valence-electron chi connectivity index (χ1n) is 7.11. The van der Waals surface area contributed by atoms with Crippen molar-refractivity contribution in [2.24, 2.45) is 0 Å². The van der Waals surface area contributed by atoms with Gasteiger partial charge >= 0.3 is 0 Å². The highest BCUT2D eigenvalue weighted by Crippen LogP contribution is 2.42. The normalized spacial score (nSPS) is 16.1. The van der Waals surface area contributed by atoms with Crippen molar-refractivity contribution in [3.63, 3.8) is 0 Å². The molecule has 0 radical (unpaired) electrons. The average Bonchev–Trinajstić information content (AvgIpc) is 3.03. The summed E-state index contributed by atoms with van der Waals surface area (Å²) in [4.78, 5) is 0. The predicted octanol–water partition coefficient (Wildman–Crippen LogP) is 4.20. The first-order valence-corrected chi connectivity index (χ1v) is 7.49. The number of hydrogen-bond acceptors (Lipinski definition) is 3. The monoisotopic (exact) mass is 305 g/mol. The van der Waals surface area contributed by atoms with Crippen LogP contribution in [-0.2, 0) is 15.3 Å². The zero-order chi connectivity index (χ0) is 15.3. The van der Waals surface area contributed by atoms with Crippen molar-refractivity contribution >= 4 is 17.3 Å². The molecule has 3 nitrogen and oxygen atoms in total. The number of rotatable bonds is 2. The lowest BCUT2D eigenvalue weighted by molar-refractivity contribution is -0.129. The van der Waals surface area contributed by atoms with Crippen LogP contribution in [0.3, 0.4) is 0 Å². The Balaban J connectivity index is 0.000000774. The van der Waals surface area contributed by atoms with Crippen LogP contribution in [0.2, 0.25) is 5.02 Å². The Morgan fingerprint density at radius 1 is 1.00 bits per heavy atom. The summed E-state index contributed by atoms with van der Waals surface area (Å²) in [5.41, 5.74) is 8.16. The van der Waals surface area contributed by atoms with Crippen LogP contribution in [0.25, 0.3) is 0 Å². The topological polar surface area (TPSA) is 44.5 Å². The molecule has 0 amide bonds. The van der Waals surface area contributed by atoms with E-state index in [-0.39, 0.29) is 0 Å². The molecule has 1 fully saturated rings. The van der Waals surface area contributed by atoms with Crippen molar-refractivity contribution in [1.29, 1.82) is 0 Å². The van der Waals surface area contributed by atoms with Gasteiger partial charge in [-0.3, -0.25) is 0 Å². The molecule has 1 aliphatic heterocycles. The van der Waals surface area contributed by atoms with Gasteiger partial charge in [0.05, 0.1) is 13.2 Å². The van der Waals surface area contributed by atoms with Gasteiger partial charge in [-0.2, -0.15) is 0 Å². The van der Waals surface area contributed by atoms with E-state index in [9.17, 15) is 0 Å². The van der Waals surface area contributed by atoms with Crippen molar-refractivity contribution in [3.8, 4) is 0 Å². The SMILES string of the molecule is CC.Nc1ccc(Cl)c(C2(c3ccccc3)OCCO2)c1. The molecule has 0 saturated carbocycles. The first kappa shape index (κ1) is 15.8. The molecule has 1 heterocycles. The highest BCUT2D eigenvalue weighted by Gasteiger charge is 2.42. The molecule has 0 bridgehead atoms. The van der Waals surface area contributed by atoms with Crippen LogP contribution >= 0.6 is 11.6 Å². The summed E-state index contributed by atoms with van der Waals surface area (Å²) in [5, 5.41) is 0.583. The predicted molar refractivity (Wildman–Crippen MR) is 86.3 cm³/mol. The summed E-state index contributed by atoms with van der Waals surface area (Å²) >= 11 is 6.30. The molecule has 4 heteroatoms. The lowest BCUT2D eigenvalue weighted by Gasteiger charge is -2.29. The van der Waals surface area contributed by atoms with Crippen molar-refractivity contribution in [1.82, 2.24) is 0 Å². The Bertz CT molecular complexity index is 581. The molecule has 2 N–H and O–H groups in total. The van der Waals surface area contributed by atoms with E-state index >= 15 is 0 Å². The van der Waals surface area contributed by atoms with E-state index in [2.05, 4.69) is 0 Å². The fourth-order valence-electron chi connectivity index (χ4n) is 2.34. The van der Waals surface area contributed by atoms with Gasteiger partial charge in [-0.05, 0) is 18.2 Å². The zero-order valence-electron chi connectivity index (χ0n) is 12.3. The molecule has 1 aliphatic rings. The van der Waals surface area contributed by atoms with Gasteiger partial charge in [0, 0.05) is 21.8 Å². The lowest BCUT2D eigenvalue weighted by Crippen LogP contribution is -2.29. The second-order valence-corrected chi connectivity index (χ2v) is 4.83. The van der Waals surface area contributed by atoms with Crippen LogP contribution in [0.5, 0.6) is 0 Å². The number of nitrogens with two attached hydrogens (primary N) is 1. The summed E-state index contributed by atoms with van der Waals surface area (Å²) in [5.74, 6) is -0.951. The third-order valence-corrected chi connectivity index (χ3v) is 3.52. The van der Waals surface area contributed by atoms with E-state index in [1.807, 2.05) is 44.2 Å². The number of ether oxygens (including phenoxy) is 2. The van der Waals surface area contributed by atoms with Gasteiger partial charge in [0.2, 0.25) is 5.79 Å². The smallest absolute Gasteiger partial charge is 0.224 e. The third-order valence-electron chi connectivity index (χ3n) is 3.19. The molecule has 1 saturated heterocycles. The van der Waals surface area contributed by atoms with Crippen molar-refractivity contribution in [2.45, 2.75) is 19.6 Å². The highest BCUT2D eigenvalue weighted by atomic mass is 35.5. The fraction of sp³-hybridized carbons (Fsp3) is 0.294. The second-order valence-electron chi connectivity index (χ2n) is 4.42. The molecule has 3 rings (SSSR count). The van der Waals surface area contributed by atoms with E-state index in [4.69, 9.17) is 26.8 Å². The molecule has 0 aliphatic carbocycles. The summed E-state index contributed by atoms with van der Waals surface area (Å²) in [6, 6.07) is 15.1. The van der Waals surface area contributed by atoms with E-state index < -0.39 is 5.79 Å². The number of nitrogen functional groups attached to an aromatic ring is 1. The van der Waals surface area contributed by atoms with Crippen LogP contribution < -0.4 is 5.73 Å². The minimum absolute atomic E-state index is 0.528. The summed E-state index contributed by atoms with van der Waals surface area (Å²) < 4.78 is 11.8. The largest absolute Gasteiger partial charge is 0.399 e. The number of benzene rings is 2. The molecule has 0 spiro atoms. The third kappa shape index (κ3) is 3.05. The summed E-state index contributed by atoms with van der Waals surface area (Å²) in [7, 11) is 0. The Morgan fingerprint density at radius 2 is 1.62 bits per heavy atom. The van der Waals surface area contributed by atoms with E-state index in [1.54, 1.807) is 18.2 Å². The van der Waals surface area contributed by atoms with Gasteiger partial charge in [0.15, 0.2) is 0 Å². The van der Waals surface area contributed by atoms with Gasteiger partial charge in [-0.15, -0.1) is 0 Å². The molecule has 112 valence electrons. The molecular formula is C17H20ClNO2. The zero-order valence-corrected chi connectivity index (χ0v) is 13.1.